The van der Waals surface area contributed by atoms with Crippen LogP contribution in [-0.4, -0.2) is 28.5 Å². The van der Waals surface area contributed by atoms with E-state index in [9.17, 15) is 4.79 Å². The van der Waals surface area contributed by atoms with Crippen molar-refractivity contribution in [2.24, 2.45) is 10.9 Å². The summed E-state index contributed by atoms with van der Waals surface area (Å²) in [5, 5.41) is 7.08. The van der Waals surface area contributed by atoms with E-state index in [1.54, 1.807) is 6.20 Å². The number of carbonyl (C=O) groups is 1. The van der Waals surface area contributed by atoms with E-state index in [1.165, 1.54) is 0 Å². The highest BCUT2D eigenvalue weighted by atomic mass is 16.5. The lowest BCUT2D eigenvalue weighted by molar-refractivity contribution is -0.146. The summed E-state index contributed by atoms with van der Waals surface area (Å²) in [5.74, 6) is 0.0497. The molecular formula is C18H21N3O2. The van der Waals surface area contributed by atoms with Crippen LogP contribution < -0.4 is 0 Å². The Balaban J connectivity index is 2.12. The summed E-state index contributed by atoms with van der Waals surface area (Å²) in [4.78, 5) is 17.3. The number of benzene rings is 1. The van der Waals surface area contributed by atoms with Gasteiger partial charge in [0.2, 0.25) is 0 Å². The van der Waals surface area contributed by atoms with Crippen LogP contribution in [0.15, 0.2) is 41.5 Å². The van der Waals surface area contributed by atoms with E-state index >= 15 is 0 Å². The largest absolute Gasteiger partial charge is 0.465 e. The second-order valence-electron chi connectivity index (χ2n) is 5.65. The molecule has 5 heteroatoms. The third-order valence-electron chi connectivity index (χ3n) is 4.14. The fraction of sp³-hybridized carbons (Fsp3) is 0.389. The molecule has 0 amide bonds. The summed E-state index contributed by atoms with van der Waals surface area (Å²) in [6, 6.07) is 10.0. The molecule has 0 saturated carbocycles. The molecule has 1 aromatic carbocycles. The SMILES string of the molecule is CCCC1=Nc2[nH]ncc2C(c2ccccc2)C1C(=O)OCC. The van der Waals surface area contributed by atoms with Gasteiger partial charge in [-0.2, -0.15) is 5.10 Å². The molecule has 3 rings (SSSR count). The molecule has 2 heterocycles. The minimum absolute atomic E-state index is 0.108. The van der Waals surface area contributed by atoms with Crippen LogP contribution >= 0.6 is 0 Å². The first-order valence-corrected chi connectivity index (χ1v) is 8.08. The molecule has 0 radical (unpaired) electrons. The predicted octanol–water partition coefficient (Wildman–Crippen LogP) is 3.61. The molecule has 1 aliphatic rings. The van der Waals surface area contributed by atoms with Gasteiger partial charge < -0.3 is 4.74 Å². The third kappa shape index (κ3) is 2.91. The number of fused-ring (bicyclic) bond motifs is 1. The molecule has 1 aromatic heterocycles. The van der Waals surface area contributed by atoms with Crippen LogP contribution in [0, 0.1) is 5.92 Å². The summed E-state index contributed by atoms with van der Waals surface area (Å²) < 4.78 is 5.35. The number of hydrogen-bond acceptors (Lipinski definition) is 4. The molecular weight excluding hydrogens is 290 g/mol. The monoisotopic (exact) mass is 311 g/mol. The lowest BCUT2D eigenvalue weighted by atomic mass is 9.76. The van der Waals surface area contributed by atoms with E-state index in [0.29, 0.717) is 6.61 Å². The molecule has 120 valence electrons. The van der Waals surface area contributed by atoms with Gasteiger partial charge in [-0.05, 0) is 18.9 Å². The van der Waals surface area contributed by atoms with Crippen molar-refractivity contribution in [3.05, 3.63) is 47.7 Å². The minimum Gasteiger partial charge on any atom is -0.465 e. The number of hydrogen-bond donors (Lipinski definition) is 1. The maximum atomic E-state index is 12.7. The molecule has 2 unspecified atom stereocenters. The third-order valence-corrected chi connectivity index (χ3v) is 4.14. The van der Waals surface area contributed by atoms with Gasteiger partial charge in [-0.1, -0.05) is 43.7 Å². The van der Waals surface area contributed by atoms with Crippen LogP contribution in [0.1, 0.15) is 43.7 Å². The molecule has 0 saturated heterocycles. The van der Waals surface area contributed by atoms with Crippen molar-refractivity contribution in [3.8, 4) is 0 Å². The van der Waals surface area contributed by atoms with Crippen LogP contribution in [0.2, 0.25) is 0 Å². The van der Waals surface area contributed by atoms with Crippen molar-refractivity contribution in [1.82, 2.24) is 10.2 Å². The number of aliphatic imine (C=N–C) groups is 1. The average molecular weight is 311 g/mol. The van der Waals surface area contributed by atoms with Gasteiger partial charge in [-0.3, -0.25) is 9.89 Å². The van der Waals surface area contributed by atoms with Crippen LogP contribution in [0.3, 0.4) is 0 Å². The van der Waals surface area contributed by atoms with Gasteiger partial charge in [-0.15, -0.1) is 0 Å². The Labute approximate surface area is 135 Å². The van der Waals surface area contributed by atoms with Crippen molar-refractivity contribution in [2.45, 2.75) is 32.6 Å². The first kappa shape index (κ1) is 15.5. The van der Waals surface area contributed by atoms with Crippen LogP contribution in [0.25, 0.3) is 0 Å². The van der Waals surface area contributed by atoms with E-state index in [4.69, 9.17) is 4.74 Å². The number of aromatic amines is 1. The number of H-pyrrole nitrogens is 1. The number of carbonyl (C=O) groups excluding carboxylic acids is 1. The second kappa shape index (κ2) is 6.77. The number of aromatic nitrogens is 2. The molecule has 5 nitrogen and oxygen atoms in total. The number of esters is 1. The Bertz CT molecular complexity index is 706. The highest BCUT2D eigenvalue weighted by molar-refractivity contribution is 6.06. The smallest absolute Gasteiger partial charge is 0.315 e. The first-order valence-electron chi connectivity index (χ1n) is 8.08. The lowest BCUT2D eigenvalue weighted by Gasteiger charge is -2.30. The van der Waals surface area contributed by atoms with Crippen LogP contribution in [0.4, 0.5) is 5.82 Å². The predicted molar refractivity (Wildman–Crippen MR) is 89.0 cm³/mol. The second-order valence-corrected chi connectivity index (χ2v) is 5.65. The lowest BCUT2D eigenvalue weighted by Crippen LogP contribution is -2.34. The van der Waals surface area contributed by atoms with Crippen LogP contribution in [-0.2, 0) is 9.53 Å². The zero-order valence-corrected chi connectivity index (χ0v) is 13.5. The van der Waals surface area contributed by atoms with Crippen molar-refractivity contribution in [2.75, 3.05) is 6.61 Å². The Morgan fingerprint density at radius 3 is 2.74 bits per heavy atom. The van der Waals surface area contributed by atoms with Crippen LogP contribution in [0.5, 0.6) is 0 Å². The van der Waals surface area contributed by atoms with Crippen molar-refractivity contribution < 1.29 is 9.53 Å². The van der Waals surface area contributed by atoms with E-state index in [1.807, 2.05) is 37.3 Å². The summed E-state index contributed by atoms with van der Waals surface area (Å²) in [6.45, 7) is 4.29. The van der Waals surface area contributed by atoms with Gasteiger partial charge in [0.05, 0.1) is 12.8 Å². The van der Waals surface area contributed by atoms with E-state index < -0.39 is 0 Å². The van der Waals surface area contributed by atoms with E-state index in [2.05, 4.69) is 22.1 Å². The van der Waals surface area contributed by atoms with Gasteiger partial charge >= 0.3 is 5.97 Å². The number of nitrogens with one attached hydrogen (secondary N) is 1. The number of ether oxygens (including phenoxy) is 1. The van der Waals surface area contributed by atoms with Gasteiger partial charge in [0, 0.05) is 17.2 Å². The summed E-state index contributed by atoms with van der Waals surface area (Å²) in [5.41, 5.74) is 2.90. The average Bonchev–Trinajstić information content (AvgIpc) is 3.03. The maximum absolute atomic E-state index is 12.7. The van der Waals surface area contributed by atoms with E-state index in [-0.39, 0.29) is 17.8 Å². The Kier molecular flexibility index (Phi) is 4.55. The molecule has 0 fully saturated rings. The molecule has 1 N–H and O–H groups in total. The highest BCUT2D eigenvalue weighted by Gasteiger charge is 2.40. The minimum atomic E-state index is -0.387. The maximum Gasteiger partial charge on any atom is 0.315 e. The normalized spacial score (nSPS) is 19.8. The molecule has 1 aliphatic heterocycles. The quantitative estimate of drug-likeness (QED) is 0.858. The zero-order valence-electron chi connectivity index (χ0n) is 13.5. The highest BCUT2D eigenvalue weighted by Crippen LogP contribution is 2.42. The Hall–Kier alpha value is -2.43. The molecule has 0 bridgehead atoms. The molecule has 2 atom stereocenters. The van der Waals surface area contributed by atoms with Gasteiger partial charge in [0.15, 0.2) is 5.82 Å². The van der Waals surface area contributed by atoms with Crippen molar-refractivity contribution in [1.29, 1.82) is 0 Å². The standard InChI is InChI=1S/C18H21N3O2/c1-3-8-14-16(18(22)23-4-2)15(12-9-6-5-7-10-12)13-11-19-21-17(13)20-14/h5-7,9-11,15-16H,3-4,8H2,1-2H3,(H,19,21). The Morgan fingerprint density at radius 1 is 1.26 bits per heavy atom. The number of rotatable bonds is 5. The fourth-order valence-electron chi connectivity index (χ4n) is 3.19. The van der Waals surface area contributed by atoms with E-state index in [0.717, 1.165) is 35.5 Å². The summed E-state index contributed by atoms with van der Waals surface area (Å²) in [6.07, 6.45) is 3.47. The molecule has 23 heavy (non-hydrogen) atoms. The zero-order chi connectivity index (χ0) is 16.2. The molecule has 0 aliphatic carbocycles. The van der Waals surface area contributed by atoms with Crippen molar-refractivity contribution in [3.63, 3.8) is 0 Å². The van der Waals surface area contributed by atoms with Crippen molar-refractivity contribution >= 4 is 17.5 Å². The van der Waals surface area contributed by atoms with Gasteiger partial charge in [0.1, 0.15) is 5.92 Å². The summed E-state index contributed by atoms with van der Waals surface area (Å²) in [7, 11) is 0. The van der Waals surface area contributed by atoms with Gasteiger partial charge in [0.25, 0.3) is 0 Å². The summed E-state index contributed by atoms with van der Waals surface area (Å²) >= 11 is 0. The number of nitrogens with zero attached hydrogens (tertiary/aromatic N) is 2. The topological polar surface area (TPSA) is 67.3 Å². The van der Waals surface area contributed by atoms with Gasteiger partial charge in [-0.25, -0.2) is 4.99 Å². The molecule has 2 aromatic rings. The first-order chi connectivity index (χ1) is 11.3. The molecule has 0 spiro atoms. The fourth-order valence-corrected chi connectivity index (χ4v) is 3.19. The Morgan fingerprint density at radius 2 is 2.04 bits per heavy atom.